The van der Waals surface area contributed by atoms with Crippen molar-refractivity contribution in [2.45, 2.75) is 38.4 Å². The lowest BCUT2D eigenvalue weighted by atomic mass is 10.0. The van der Waals surface area contributed by atoms with Crippen LogP contribution < -0.4 is 0 Å². The second-order valence-corrected chi connectivity index (χ2v) is 4.35. The Hall–Kier alpha value is -0.640. The molecule has 3 heteroatoms. The van der Waals surface area contributed by atoms with Crippen LogP contribution in [0.2, 0.25) is 0 Å². The fourth-order valence-corrected chi connectivity index (χ4v) is 1.36. The lowest BCUT2D eigenvalue weighted by molar-refractivity contribution is -0.108. The summed E-state index contributed by atoms with van der Waals surface area (Å²) in [6, 6.07) is 0. The first-order valence-corrected chi connectivity index (χ1v) is 5.34. The third-order valence-corrected chi connectivity index (χ3v) is 2.66. The Morgan fingerprint density at radius 3 is 2.73 bits per heavy atom. The summed E-state index contributed by atoms with van der Waals surface area (Å²) in [5, 5.41) is 18.4. The van der Waals surface area contributed by atoms with Crippen molar-refractivity contribution in [3.8, 4) is 0 Å². The van der Waals surface area contributed by atoms with Crippen molar-refractivity contribution in [3.63, 3.8) is 0 Å². The Morgan fingerprint density at radius 1 is 1.47 bits per heavy atom. The summed E-state index contributed by atoms with van der Waals surface area (Å²) >= 11 is 0. The average molecular weight is 212 g/mol. The Balaban J connectivity index is 2.41. The van der Waals surface area contributed by atoms with Crippen LogP contribution in [0, 0.1) is 0 Å². The van der Waals surface area contributed by atoms with Gasteiger partial charge in [0.25, 0.3) is 0 Å². The number of hydrogen-bond donors (Lipinski definition) is 2. The molecule has 1 unspecified atom stereocenters. The van der Waals surface area contributed by atoms with Crippen molar-refractivity contribution >= 4 is 0 Å². The van der Waals surface area contributed by atoms with Crippen LogP contribution in [-0.2, 0) is 4.74 Å². The zero-order valence-corrected chi connectivity index (χ0v) is 9.44. The van der Waals surface area contributed by atoms with Crippen molar-refractivity contribution in [2.75, 3.05) is 13.2 Å². The van der Waals surface area contributed by atoms with Gasteiger partial charge in [-0.25, -0.2) is 0 Å². The lowest BCUT2D eigenvalue weighted by Gasteiger charge is -2.30. The molecule has 15 heavy (non-hydrogen) atoms. The first-order valence-electron chi connectivity index (χ1n) is 5.34. The lowest BCUT2D eigenvalue weighted by Crippen LogP contribution is -2.41. The van der Waals surface area contributed by atoms with Gasteiger partial charge in [0.2, 0.25) is 0 Å². The molecular formula is C12H20O3. The summed E-state index contributed by atoms with van der Waals surface area (Å²) in [6.45, 7) is 3.77. The van der Waals surface area contributed by atoms with Crippen molar-refractivity contribution in [2.24, 2.45) is 0 Å². The number of hydrogen-bond acceptors (Lipinski definition) is 3. The summed E-state index contributed by atoms with van der Waals surface area (Å²) < 4.78 is 5.59. The predicted molar refractivity (Wildman–Crippen MR) is 59.6 cm³/mol. The molecular weight excluding hydrogens is 192 g/mol. The van der Waals surface area contributed by atoms with Crippen LogP contribution in [-0.4, -0.2) is 35.1 Å². The Kier molecular flexibility index (Phi) is 4.51. The molecule has 0 aromatic heterocycles. The van der Waals surface area contributed by atoms with Gasteiger partial charge in [0, 0.05) is 0 Å². The van der Waals surface area contributed by atoms with E-state index in [1.807, 2.05) is 6.08 Å². The molecule has 1 atom stereocenters. The second kappa shape index (κ2) is 5.45. The van der Waals surface area contributed by atoms with E-state index in [1.54, 1.807) is 13.8 Å². The van der Waals surface area contributed by atoms with Gasteiger partial charge in [-0.2, -0.15) is 0 Å². The molecule has 86 valence electrons. The minimum atomic E-state index is -0.842. The average Bonchev–Trinajstić information content (AvgIpc) is 2.27. The molecule has 0 saturated heterocycles. The highest BCUT2D eigenvalue weighted by atomic mass is 16.5. The smallest absolute Gasteiger partial charge is 0.105 e. The van der Waals surface area contributed by atoms with Crippen LogP contribution >= 0.6 is 0 Å². The molecule has 0 fully saturated rings. The van der Waals surface area contributed by atoms with Crippen LogP contribution in [0.15, 0.2) is 23.8 Å². The summed E-state index contributed by atoms with van der Waals surface area (Å²) in [5.74, 6) is 0. The van der Waals surface area contributed by atoms with Crippen LogP contribution in [0.4, 0.5) is 0 Å². The van der Waals surface area contributed by atoms with Crippen LogP contribution in [0.25, 0.3) is 0 Å². The van der Waals surface area contributed by atoms with E-state index in [0.29, 0.717) is 6.61 Å². The fourth-order valence-electron chi connectivity index (χ4n) is 1.36. The van der Waals surface area contributed by atoms with Gasteiger partial charge in [0.05, 0.1) is 18.8 Å². The number of ether oxygens (including phenoxy) is 1. The van der Waals surface area contributed by atoms with Gasteiger partial charge in [-0.3, -0.25) is 0 Å². The van der Waals surface area contributed by atoms with Gasteiger partial charge in [0.1, 0.15) is 6.10 Å². The van der Waals surface area contributed by atoms with E-state index in [-0.39, 0.29) is 6.61 Å². The van der Waals surface area contributed by atoms with Gasteiger partial charge in [-0.1, -0.05) is 18.2 Å². The third-order valence-electron chi connectivity index (χ3n) is 2.66. The van der Waals surface area contributed by atoms with E-state index in [2.05, 4.69) is 12.2 Å². The first-order chi connectivity index (χ1) is 7.06. The molecule has 1 aliphatic carbocycles. The number of rotatable bonds is 5. The van der Waals surface area contributed by atoms with E-state index >= 15 is 0 Å². The zero-order chi connectivity index (χ0) is 11.3. The number of aliphatic hydroxyl groups is 2. The number of aliphatic hydroxyl groups excluding tert-OH is 2. The van der Waals surface area contributed by atoms with Crippen molar-refractivity contribution < 1.29 is 14.9 Å². The van der Waals surface area contributed by atoms with E-state index in [4.69, 9.17) is 9.84 Å². The topological polar surface area (TPSA) is 49.7 Å². The zero-order valence-electron chi connectivity index (χ0n) is 9.44. The maximum atomic E-state index is 9.50. The highest BCUT2D eigenvalue weighted by Gasteiger charge is 2.28. The maximum Gasteiger partial charge on any atom is 0.105 e. The van der Waals surface area contributed by atoms with Gasteiger partial charge in [-0.05, 0) is 32.3 Å². The minimum Gasteiger partial charge on any atom is -0.394 e. The molecule has 2 N–H and O–H groups in total. The second-order valence-electron chi connectivity index (χ2n) is 4.35. The molecule has 1 rings (SSSR count). The number of allylic oxidation sites excluding steroid dienone is 2. The Bertz CT molecular complexity index is 254. The van der Waals surface area contributed by atoms with Crippen molar-refractivity contribution in [1.82, 2.24) is 0 Å². The Labute approximate surface area is 91.1 Å². The molecule has 0 radical (unpaired) electrons. The quantitative estimate of drug-likeness (QED) is 0.724. The van der Waals surface area contributed by atoms with Crippen LogP contribution in [0.3, 0.4) is 0 Å². The standard InChI is InChI=1S/C12H20O3/c1-12(2,11(14)8-13)15-9-10-6-4-3-5-7-10/h4,6-7,11,13-14H,3,5,8-9H2,1-2H3. The van der Waals surface area contributed by atoms with Crippen molar-refractivity contribution in [3.05, 3.63) is 23.8 Å². The molecule has 0 heterocycles. The Morgan fingerprint density at radius 2 is 2.20 bits per heavy atom. The van der Waals surface area contributed by atoms with E-state index in [9.17, 15) is 5.11 Å². The first kappa shape index (κ1) is 12.4. The SMILES string of the molecule is CC(C)(OCC1=CCCC=C1)C(O)CO. The maximum absolute atomic E-state index is 9.50. The summed E-state index contributed by atoms with van der Waals surface area (Å²) in [4.78, 5) is 0. The van der Waals surface area contributed by atoms with E-state index in [1.165, 1.54) is 0 Å². The largest absolute Gasteiger partial charge is 0.394 e. The van der Waals surface area contributed by atoms with Gasteiger partial charge in [-0.15, -0.1) is 0 Å². The van der Waals surface area contributed by atoms with E-state index in [0.717, 1.165) is 18.4 Å². The highest BCUT2D eigenvalue weighted by Crippen LogP contribution is 2.18. The molecule has 0 aromatic rings. The summed E-state index contributed by atoms with van der Waals surface area (Å²) in [6.07, 6.45) is 7.61. The van der Waals surface area contributed by atoms with Crippen LogP contribution in [0.1, 0.15) is 26.7 Å². The van der Waals surface area contributed by atoms with Crippen LogP contribution in [0.5, 0.6) is 0 Å². The molecule has 0 spiro atoms. The predicted octanol–water partition coefficient (Wildman–Crippen LogP) is 1.41. The van der Waals surface area contributed by atoms with Gasteiger partial charge < -0.3 is 14.9 Å². The van der Waals surface area contributed by atoms with E-state index < -0.39 is 11.7 Å². The highest BCUT2D eigenvalue weighted by molar-refractivity contribution is 5.22. The normalized spacial score (nSPS) is 18.8. The summed E-state index contributed by atoms with van der Waals surface area (Å²) in [7, 11) is 0. The third kappa shape index (κ3) is 3.78. The minimum absolute atomic E-state index is 0.276. The molecule has 3 nitrogen and oxygen atoms in total. The molecule has 1 aliphatic rings. The molecule has 0 bridgehead atoms. The molecule has 0 saturated carbocycles. The summed E-state index contributed by atoms with van der Waals surface area (Å²) in [5.41, 5.74) is 0.431. The van der Waals surface area contributed by atoms with Gasteiger partial charge in [0.15, 0.2) is 0 Å². The van der Waals surface area contributed by atoms with Crippen molar-refractivity contribution in [1.29, 1.82) is 0 Å². The fraction of sp³-hybridized carbons (Fsp3) is 0.667. The monoisotopic (exact) mass is 212 g/mol. The molecule has 0 aliphatic heterocycles. The van der Waals surface area contributed by atoms with Gasteiger partial charge >= 0.3 is 0 Å². The molecule has 0 amide bonds. The molecule has 0 aromatic carbocycles.